The van der Waals surface area contributed by atoms with E-state index in [1.165, 1.54) is 0 Å². The van der Waals surface area contributed by atoms with Crippen molar-refractivity contribution in [1.29, 1.82) is 0 Å². The molecule has 0 aliphatic heterocycles. The zero-order valence-electron chi connectivity index (χ0n) is 7.84. The molecular formula is C10H13ClOS. The van der Waals surface area contributed by atoms with Crippen molar-refractivity contribution < 1.29 is 4.79 Å². The molecule has 0 aliphatic rings. The van der Waals surface area contributed by atoms with Gasteiger partial charge in [0.25, 0.3) is 0 Å². The number of carbonyl (C=O) groups excluding carboxylic acids is 1. The number of thiophene rings is 1. The molecule has 1 heterocycles. The third-order valence-corrected chi connectivity index (χ3v) is 3.73. The van der Waals surface area contributed by atoms with Crippen LogP contribution < -0.4 is 0 Å². The van der Waals surface area contributed by atoms with E-state index in [0.29, 0.717) is 0 Å². The summed E-state index contributed by atoms with van der Waals surface area (Å²) in [6.45, 7) is 3.99. The molecular weight excluding hydrogens is 204 g/mol. The summed E-state index contributed by atoms with van der Waals surface area (Å²) in [5, 5.41) is 2.74. The molecule has 72 valence electrons. The molecule has 0 bridgehead atoms. The van der Waals surface area contributed by atoms with E-state index in [1.807, 2.05) is 25.3 Å². The van der Waals surface area contributed by atoms with Gasteiger partial charge in [-0.15, -0.1) is 11.3 Å². The quantitative estimate of drug-likeness (QED) is 0.704. The second kappa shape index (κ2) is 4.25. The smallest absolute Gasteiger partial charge is 0.126 e. The van der Waals surface area contributed by atoms with Crippen molar-refractivity contribution in [3.63, 3.8) is 0 Å². The molecule has 0 saturated heterocycles. The van der Waals surface area contributed by atoms with Crippen molar-refractivity contribution in [2.45, 2.75) is 26.7 Å². The molecule has 1 aromatic rings. The maximum atomic E-state index is 10.9. The SMILES string of the molecule is CCC(C)(C=O)Cc1sccc1Cl. The van der Waals surface area contributed by atoms with Crippen molar-refractivity contribution in [2.75, 3.05) is 0 Å². The normalized spacial score (nSPS) is 15.3. The molecule has 1 nitrogen and oxygen atoms in total. The minimum Gasteiger partial charge on any atom is -0.303 e. The van der Waals surface area contributed by atoms with Crippen LogP contribution in [0.15, 0.2) is 11.4 Å². The number of aldehydes is 1. The highest BCUT2D eigenvalue weighted by atomic mass is 35.5. The first-order valence-corrected chi connectivity index (χ1v) is 5.55. The third kappa shape index (κ3) is 2.55. The minimum absolute atomic E-state index is 0.255. The molecule has 0 aliphatic carbocycles. The zero-order chi connectivity index (χ0) is 9.90. The van der Waals surface area contributed by atoms with Gasteiger partial charge in [0.15, 0.2) is 0 Å². The predicted molar refractivity (Wildman–Crippen MR) is 57.5 cm³/mol. The Kier molecular flexibility index (Phi) is 3.51. The summed E-state index contributed by atoms with van der Waals surface area (Å²) in [5.41, 5.74) is -0.255. The predicted octanol–water partition coefficient (Wildman–Crippen LogP) is 3.56. The Balaban J connectivity index is 2.78. The van der Waals surface area contributed by atoms with Crippen molar-refractivity contribution in [3.05, 3.63) is 21.3 Å². The first-order chi connectivity index (χ1) is 6.11. The van der Waals surface area contributed by atoms with Gasteiger partial charge < -0.3 is 4.79 Å². The summed E-state index contributed by atoms with van der Waals surface area (Å²) in [5.74, 6) is 0. The molecule has 0 fully saturated rings. The lowest BCUT2D eigenvalue weighted by Gasteiger charge is -2.19. The Bertz CT molecular complexity index is 295. The molecule has 1 aromatic heterocycles. The van der Waals surface area contributed by atoms with Crippen molar-refractivity contribution in [2.24, 2.45) is 5.41 Å². The standard InChI is InChI=1S/C10H13ClOS/c1-3-10(2,7-12)6-9-8(11)4-5-13-9/h4-5,7H,3,6H2,1-2H3. The Hall–Kier alpha value is -0.340. The summed E-state index contributed by atoms with van der Waals surface area (Å²) >= 11 is 7.57. The van der Waals surface area contributed by atoms with E-state index in [-0.39, 0.29) is 5.41 Å². The molecule has 1 unspecified atom stereocenters. The largest absolute Gasteiger partial charge is 0.303 e. The van der Waals surface area contributed by atoms with Crippen molar-refractivity contribution >= 4 is 29.2 Å². The summed E-state index contributed by atoms with van der Waals surface area (Å²) < 4.78 is 0. The average Bonchev–Trinajstić information content (AvgIpc) is 2.52. The first-order valence-electron chi connectivity index (χ1n) is 4.29. The van der Waals surface area contributed by atoms with Crippen LogP contribution in [0.2, 0.25) is 5.02 Å². The highest BCUT2D eigenvalue weighted by Gasteiger charge is 2.23. The van der Waals surface area contributed by atoms with Crippen molar-refractivity contribution in [1.82, 2.24) is 0 Å². The highest BCUT2D eigenvalue weighted by Crippen LogP contribution is 2.31. The average molecular weight is 217 g/mol. The molecule has 0 amide bonds. The van der Waals surface area contributed by atoms with Crippen LogP contribution >= 0.6 is 22.9 Å². The molecule has 1 rings (SSSR count). The van der Waals surface area contributed by atoms with Gasteiger partial charge in [0, 0.05) is 10.3 Å². The van der Waals surface area contributed by atoms with E-state index in [9.17, 15) is 4.79 Å². The second-order valence-corrected chi connectivity index (χ2v) is 4.90. The van der Waals surface area contributed by atoms with E-state index >= 15 is 0 Å². The lowest BCUT2D eigenvalue weighted by Crippen LogP contribution is -2.19. The van der Waals surface area contributed by atoms with Crippen LogP contribution in [0.5, 0.6) is 0 Å². The lowest BCUT2D eigenvalue weighted by molar-refractivity contribution is -0.115. The zero-order valence-corrected chi connectivity index (χ0v) is 9.41. The molecule has 1 atom stereocenters. The molecule has 0 N–H and O–H groups in total. The van der Waals surface area contributed by atoms with E-state index in [1.54, 1.807) is 11.3 Å². The Morgan fingerprint density at radius 3 is 2.77 bits per heavy atom. The van der Waals surface area contributed by atoms with E-state index < -0.39 is 0 Å². The fourth-order valence-corrected chi connectivity index (χ4v) is 2.37. The lowest BCUT2D eigenvalue weighted by atomic mass is 9.85. The van der Waals surface area contributed by atoms with Gasteiger partial charge in [-0.25, -0.2) is 0 Å². The first kappa shape index (κ1) is 10.7. The number of hydrogen-bond acceptors (Lipinski definition) is 2. The van der Waals surface area contributed by atoms with Gasteiger partial charge in [-0.05, 0) is 24.3 Å². The summed E-state index contributed by atoms with van der Waals surface area (Å²) in [6, 6.07) is 1.88. The Labute approximate surface area is 87.7 Å². The summed E-state index contributed by atoms with van der Waals surface area (Å²) in [4.78, 5) is 12.0. The van der Waals surface area contributed by atoms with Crippen LogP contribution in [0, 0.1) is 5.41 Å². The minimum atomic E-state index is -0.255. The van der Waals surface area contributed by atoms with Crippen LogP contribution in [0.4, 0.5) is 0 Å². The highest BCUT2D eigenvalue weighted by molar-refractivity contribution is 7.10. The van der Waals surface area contributed by atoms with Crippen LogP contribution in [0.3, 0.4) is 0 Å². The van der Waals surface area contributed by atoms with E-state index in [0.717, 1.165) is 29.0 Å². The summed E-state index contributed by atoms with van der Waals surface area (Å²) in [6.07, 6.45) is 2.64. The van der Waals surface area contributed by atoms with Crippen molar-refractivity contribution in [3.8, 4) is 0 Å². The van der Waals surface area contributed by atoms with Gasteiger partial charge in [-0.3, -0.25) is 0 Å². The fraction of sp³-hybridized carbons (Fsp3) is 0.500. The molecule has 0 radical (unpaired) electrons. The molecule has 0 aromatic carbocycles. The second-order valence-electron chi connectivity index (χ2n) is 3.49. The summed E-state index contributed by atoms with van der Waals surface area (Å²) in [7, 11) is 0. The molecule has 13 heavy (non-hydrogen) atoms. The van der Waals surface area contributed by atoms with Gasteiger partial charge >= 0.3 is 0 Å². The van der Waals surface area contributed by atoms with Gasteiger partial charge in [0.1, 0.15) is 6.29 Å². The van der Waals surface area contributed by atoms with Gasteiger partial charge in [0.05, 0.1) is 5.02 Å². The number of carbonyl (C=O) groups is 1. The maximum Gasteiger partial charge on any atom is 0.126 e. The van der Waals surface area contributed by atoms with Crippen LogP contribution in [0.1, 0.15) is 25.1 Å². The maximum absolute atomic E-state index is 10.9. The van der Waals surface area contributed by atoms with Gasteiger partial charge in [-0.2, -0.15) is 0 Å². The number of rotatable bonds is 4. The monoisotopic (exact) mass is 216 g/mol. The van der Waals surface area contributed by atoms with Crippen LogP contribution in [0.25, 0.3) is 0 Å². The Morgan fingerprint density at radius 2 is 2.38 bits per heavy atom. The van der Waals surface area contributed by atoms with Crippen LogP contribution in [-0.2, 0) is 11.2 Å². The Morgan fingerprint density at radius 1 is 1.69 bits per heavy atom. The topological polar surface area (TPSA) is 17.1 Å². The molecule has 0 spiro atoms. The van der Waals surface area contributed by atoms with E-state index in [2.05, 4.69) is 0 Å². The molecule has 3 heteroatoms. The van der Waals surface area contributed by atoms with Gasteiger partial charge in [-0.1, -0.05) is 25.4 Å². The third-order valence-electron chi connectivity index (χ3n) is 2.35. The fourth-order valence-electron chi connectivity index (χ4n) is 1.07. The van der Waals surface area contributed by atoms with Crippen LogP contribution in [-0.4, -0.2) is 6.29 Å². The number of halogens is 1. The molecule has 0 saturated carbocycles. The van der Waals surface area contributed by atoms with E-state index in [4.69, 9.17) is 11.6 Å². The number of hydrogen-bond donors (Lipinski definition) is 0. The van der Waals surface area contributed by atoms with Gasteiger partial charge in [0.2, 0.25) is 0 Å².